The summed E-state index contributed by atoms with van der Waals surface area (Å²) in [6.45, 7) is 9.55. The number of nitrogens with zero attached hydrogens (tertiary/aromatic N) is 1. The van der Waals surface area contributed by atoms with Crippen LogP contribution in [0, 0.1) is 13.8 Å². The van der Waals surface area contributed by atoms with Gasteiger partial charge in [-0.15, -0.1) is 0 Å². The molecule has 0 spiro atoms. The minimum Gasteiger partial charge on any atom is -0.475 e. The Morgan fingerprint density at radius 3 is 2.56 bits per heavy atom. The Morgan fingerprint density at radius 1 is 1.44 bits per heavy atom. The van der Waals surface area contributed by atoms with E-state index in [-0.39, 0.29) is 11.9 Å². The molecular formula is C13H19NO2. The second kappa shape index (κ2) is 5.10. The number of ketones is 1. The van der Waals surface area contributed by atoms with E-state index in [0.717, 1.165) is 16.7 Å². The molecule has 0 aliphatic carbocycles. The van der Waals surface area contributed by atoms with Gasteiger partial charge in [0.1, 0.15) is 0 Å². The third-order valence-electron chi connectivity index (χ3n) is 2.41. The predicted molar refractivity (Wildman–Crippen MR) is 64.1 cm³/mol. The molecule has 0 aliphatic rings. The van der Waals surface area contributed by atoms with E-state index in [9.17, 15) is 4.79 Å². The highest BCUT2D eigenvalue weighted by Gasteiger charge is 2.15. The van der Waals surface area contributed by atoms with E-state index in [1.54, 1.807) is 6.20 Å². The van der Waals surface area contributed by atoms with Gasteiger partial charge in [0.15, 0.2) is 5.78 Å². The van der Waals surface area contributed by atoms with Crippen LogP contribution in [0.4, 0.5) is 0 Å². The third kappa shape index (κ3) is 2.60. The summed E-state index contributed by atoms with van der Waals surface area (Å²) in [5.41, 5.74) is 2.52. The van der Waals surface area contributed by atoms with Crippen molar-refractivity contribution in [3.63, 3.8) is 0 Å². The van der Waals surface area contributed by atoms with Crippen LogP contribution in [0.1, 0.15) is 48.7 Å². The fraction of sp³-hybridized carbons (Fsp3) is 0.538. The third-order valence-corrected chi connectivity index (χ3v) is 2.41. The molecule has 88 valence electrons. The Balaban J connectivity index is 3.21. The van der Waals surface area contributed by atoms with Crippen molar-refractivity contribution in [2.24, 2.45) is 0 Å². The summed E-state index contributed by atoms with van der Waals surface area (Å²) in [7, 11) is 0. The SMILES string of the molecule is CCC(=O)c1c(C)cnc(OC(C)C)c1C. The zero-order valence-corrected chi connectivity index (χ0v) is 10.6. The van der Waals surface area contributed by atoms with E-state index in [1.165, 1.54) is 0 Å². The van der Waals surface area contributed by atoms with Gasteiger partial charge in [0.2, 0.25) is 5.88 Å². The minimum atomic E-state index is 0.0680. The van der Waals surface area contributed by atoms with Crippen LogP contribution in [0.15, 0.2) is 6.20 Å². The highest BCUT2D eigenvalue weighted by molar-refractivity contribution is 5.98. The summed E-state index contributed by atoms with van der Waals surface area (Å²) in [5.74, 6) is 0.711. The molecule has 0 N–H and O–H groups in total. The lowest BCUT2D eigenvalue weighted by Gasteiger charge is -2.14. The van der Waals surface area contributed by atoms with Gasteiger partial charge in [0.05, 0.1) is 6.10 Å². The zero-order chi connectivity index (χ0) is 12.3. The molecule has 0 atom stereocenters. The summed E-state index contributed by atoms with van der Waals surface area (Å²) in [5, 5.41) is 0. The van der Waals surface area contributed by atoms with Gasteiger partial charge >= 0.3 is 0 Å². The van der Waals surface area contributed by atoms with Crippen molar-refractivity contribution in [3.05, 3.63) is 22.9 Å². The van der Waals surface area contributed by atoms with Crippen LogP contribution in [0.2, 0.25) is 0 Å². The minimum absolute atomic E-state index is 0.0680. The normalized spacial score (nSPS) is 10.6. The number of pyridine rings is 1. The number of aromatic nitrogens is 1. The van der Waals surface area contributed by atoms with Crippen molar-refractivity contribution in [2.75, 3.05) is 0 Å². The van der Waals surface area contributed by atoms with Gasteiger partial charge in [-0.2, -0.15) is 0 Å². The first kappa shape index (κ1) is 12.7. The topological polar surface area (TPSA) is 39.2 Å². The number of carbonyl (C=O) groups excluding carboxylic acids is 1. The molecule has 0 aliphatic heterocycles. The van der Waals surface area contributed by atoms with Gasteiger partial charge in [-0.1, -0.05) is 6.92 Å². The van der Waals surface area contributed by atoms with Crippen LogP contribution < -0.4 is 4.74 Å². The van der Waals surface area contributed by atoms with Gasteiger partial charge in [-0.25, -0.2) is 4.98 Å². The van der Waals surface area contributed by atoms with E-state index < -0.39 is 0 Å². The first-order chi connectivity index (χ1) is 7.47. The number of hydrogen-bond donors (Lipinski definition) is 0. The monoisotopic (exact) mass is 221 g/mol. The van der Waals surface area contributed by atoms with Crippen molar-refractivity contribution in [2.45, 2.75) is 47.1 Å². The van der Waals surface area contributed by atoms with Crippen molar-refractivity contribution in [1.82, 2.24) is 4.98 Å². The van der Waals surface area contributed by atoms with Crippen LogP contribution in [-0.2, 0) is 0 Å². The van der Waals surface area contributed by atoms with Crippen molar-refractivity contribution in [3.8, 4) is 5.88 Å². The van der Waals surface area contributed by atoms with Crippen LogP contribution >= 0.6 is 0 Å². The highest BCUT2D eigenvalue weighted by atomic mass is 16.5. The fourth-order valence-corrected chi connectivity index (χ4v) is 1.67. The molecule has 1 heterocycles. The lowest BCUT2D eigenvalue weighted by Crippen LogP contribution is -2.11. The molecule has 16 heavy (non-hydrogen) atoms. The molecule has 0 fully saturated rings. The van der Waals surface area contributed by atoms with Gasteiger partial charge in [0.25, 0.3) is 0 Å². The molecule has 1 aromatic rings. The van der Waals surface area contributed by atoms with Crippen molar-refractivity contribution >= 4 is 5.78 Å². The van der Waals surface area contributed by atoms with E-state index in [4.69, 9.17) is 4.74 Å². The second-order valence-corrected chi connectivity index (χ2v) is 4.19. The van der Waals surface area contributed by atoms with E-state index in [1.807, 2.05) is 34.6 Å². The number of rotatable bonds is 4. The lowest BCUT2D eigenvalue weighted by molar-refractivity contribution is 0.0985. The van der Waals surface area contributed by atoms with E-state index in [2.05, 4.69) is 4.98 Å². The molecule has 0 saturated heterocycles. The maximum atomic E-state index is 11.8. The Morgan fingerprint density at radius 2 is 2.06 bits per heavy atom. The maximum Gasteiger partial charge on any atom is 0.217 e. The first-order valence-electron chi connectivity index (χ1n) is 5.63. The largest absolute Gasteiger partial charge is 0.475 e. The van der Waals surface area contributed by atoms with Crippen molar-refractivity contribution < 1.29 is 9.53 Å². The molecule has 0 amide bonds. The van der Waals surface area contributed by atoms with Gasteiger partial charge < -0.3 is 4.74 Å². The molecule has 0 bridgehead atoms. The van der Waals surface area contributed by atoms with Crippen LogP contribution in [-0.4, -0.2) is 16.9 Å². The highest BCUT2D eigenvalue weighted by Crippen LogP contribution is 2.23. The predicted octanol–water partition coefficient (Wildman–Crippen LogP) is 3.08. The zero-order valence-electron chi connectivity index (χ0n) is 10.6. The Kier molecular flexibility index (Phi) is 4.05. The molecule has 0 saturated carbocycles. The number of aryl methyl sites for hydroxylation is 1. The molecule has 3 nitrogen and oxygen atoms in total. The van der Waals surface area contributed by atoms with Gasteiger partial charge in [-0.05, 0) is 33.3 Å². The number of ether oxygens (including phenoxy) is 1. The molecule has 0 unspecified atom stereocenters. The van der Waals surface area contributed by atoms with E-state index in [0.29, 0.717) is 12.3 Å². The number of Topliss-reactive ketones (excluding diaryl/α,β-unsaturated/α-hetero) is 1. The lowest BCUT2D eigenvalue weighted by atomic mass is 10.0. The number of hydrogen-bond acceptors (Lipinski definition) is 3. The average molecular weight is 221 g/mol. The Bertz CT molecular complexity index is 397. The summed E-state index contributed by atoms with van der Waals surface area (Å²) in [6, 6.07) is 0. The molecule has 1 aromatic heterocycles. The van der Waals surface area contributed by atoms with Crippen LogP contribution in [0.25, 0.3) is 0 Å². The van der Waals surface area contributed by atoms with Gasteiger partial charge in [-0.3, -0.25) is 4.79 Å². The molecule has 0 aromatic carbocycles. The van der Waals surface area contributed by atoms with Crippen LogP contribution in [0.3, 0.4) is 0 Å². The summed E-state index contributed by atoms with van der Waals surface area (Å²) < 4.78 is 5.57. The van der Waals surface area contributed by atoms with E-state index >= 15 is 0 Å². The maximum absolute atomic E-state index is 11.8. The Labute approximate surface area is 96.8 Å². The quantitative estimate of drug-likeness (QED) is 0.733. The second-order valence-electron chi connectivity index (χ2n) is 4.19. The first-order valence-corrected chi connectivity index (χ1v) is 5.63. The summed E-state index contributed by atoms with van der Waals surface area (Å²) in [4.78, 5) is 16.0. The van der Waals surface area contributed by atoms with Gasteiger partial charge in [0, 0.05) is 23.7 Å². The average Bonchev–Trinajstić information content (AvgIpc) is 2.21. The smallest absolute Gasteiger partial charge is 0.217 e. The molecule has 1 rings (SSSR count). The molecular weight excluding hydrogens is 202 g/mol. The summed E-state index contributed by atoms with van der Waals surface area (Å²) in [6.07, 6.45) is 2.28. The number of carbonyl (C=O) groups is 1. The fourth-order valence-electron chi connectivity index (χ4n) is 1.67. The Hall–Kier alpha value is -1.38. The standard InChI is InChI=1S/C13H19NO2/c1-6-11(15)12-9(4)7-14-13(10(12)5)16-8(2)3/h7-8H,6H2,1-5H3. The molecule has 3 heteroatoms. The summed E-state index contributed by atoms with van der Waals surface area (Å²) >= 11 is 0. The van der Waals surface area contributed by atoms with Crippen LogP contribution in [0.5, 0.6) is 5.88 Å². The van der Waals surface area contributed by atoms with Crippen molar-refractivity contribution in [1.29, 1.82) is 0 Å². The molecule has 0 radical (unpaired) electrons.